The van der Waals surface area contributed by atoms with Gasteiger partial charge in [0.2, 0.25) is 0 Å². The van der Waals surface area contributed by atoms with Gasteiger partial charge in [0.25, 0.3) is 0 Å². The van der Waals surface area contributed by atoms with Gasteiger partial charge in [0, 0.05) is 79.0 Å². The Morgan fingerprint density at radius 3 is 0.680 bits per heavy atom. The van der Waals surface area contributed by atoms with E-state index in [0.717, 1.165) is 0 Å². The van der Waals surface area contributed by atoms with E-state index in [1.807, 2.05) is 47.5 Å². The van der Waals surface area contributed by atoms with Crippen LogP contribution in [0.3, 0.4) is 0 Å². The fourth-order valence-electron chi connectivity index (χ4n) is 8.84. The zero-order valence-electron chi connectivity index (χ0n) is 70.2. The Morgan fingerprint density at radius 2 is 0.464 bits per heavy atom. The van der Waals surface area contributed by atoms with Crippen LogP contribution in [0.4, 0.5) is 0 Å². The minimum atomic E-state index is 0. The largest absolute Gasteiger partial charge is 0.264 e. The van der Waals surface area contributed by atoms with Crippen LogP contribution in [-0.4, -0.2) is 19.9 Å². The van der Waals surface area contributed by atoms with Gasteiger partial charge in [-0.1, -0.05) is 335 Å². The van der Waals surface area contributed by atoms with Crippen LogP contribution in [0.5, 0.6) is 0 Å². The fraction of sp³-hybridized carbons (Fsp3) is 0.626. The Kier molecular flexibility index (Phi) is 32.6. The normalized spacial score (nSPS) is 13.0. The quantitative estimate of drug-likeness (QED) is 0.152. The second kappa shape index (κ2) is 34.3. The number of pyridine rings is 4. The first-order chi connectivity index (χ1) is 42.5. The molecule has 6 heterocycles. The van der Waals surface area contributed by atoms with Crippen LogP contribution in [0.25, 0.3) is 0 Å². The van der Waals surface area contributed by atoms with Crippen molar-refractivity contribution in [2.75, 3.05) is 0 Å². The summed E-state index contributed by atoms with van der Waals surface area (Å²) in [5.41, 5.74) is 18.8. The predicted octanol–water partition coefficient (Wildman–Crippen LogP) is 28.3. The number of aromatic nitrogens is 4. The first-order valence-electron chi connectivity index (χ1n) is 35.7. The molecule has 0 unspecified atom stereocenters. The Hall–Kier alpha value is -4.78. The van der Waals surface area contributed by atoms with Crippen molar-refractivity contribution >= 4 is 22.7 Å². The molecule has 0 fully saturated rings. The standard InChI is InChI=1S/C14H22.4C13H21N.2C12H20S.CH4/c1-13(2,3)11-8-7-9-12(10-11)14(4,5)6;1-12(2,3)10-7-11(9-14-8-10)13(4,5)6;2*1-12(2,3)10-7-8-14-11(9-10)13(4,5)6;1-12(2,3)10-8-7-9-11(14-10)13(4,5)6;2*1-11(2,3)9-7-10(13-8-9)12(4,5)6;/h7-10H,1-6H3;4*7-9H,1-6H3;2*7-8H,1-6H3;1H4. The zero-order valence-corrected chi connectivity index (χ0v) is 71.8. The molecule has 546 valence electrons. The number of hydrogen-bond acceptors (Lipinski definition) is 6. The van der Waals surface area contributed by atoms with E-state index >= 15 is 0 Å². The van der Waals surface area contributed by atoms with Crippen LogP contribution in [0.2, 0.25) is 0 Å². The summed E-state index contributed by atoms with van der Waals surface area (Å²) < 4.78 is 0. The van der Waals surface area contributed by atoms with Gasteiger partial charge in [0.15, 0.2) is 0 Å². The minimum Gasteiger partial charge on any atom is -0.264 e. The smallest absolute Gasteiger partial charge is 0.0460 e. The average Bonchev–Trinajstić information content (AvgIpc) is 1.41. The lowest BCUT2D eigenvalue weighted by molar-refractivity contribution is 0.531. The molecule has 0 N–H and O–H groups in total. The summed E-state index contributed by atoms with van der Waals surface area (Å²) in [6.45, 7) is 93.8. The Labute approximate surface area is 610 Å². The van der Waals surface area contributed by atoms with Crippen LogP contribution < -0.4 is 0 Å². The van der Waals surface area contributed by atoms with Crippen molar-refractivity contribution in [1.29, 1.82) is 0 Å². The summed E-state index contributed by atoms with van der Waals surface area (Å²) >= 11 is 3.77. The van der Waals surface area contributed by atoms with E-state index in [4.69, 9.17) is 4.98 Å². The molecule has 0 aliphatic rings. The molecule has 0 saturated carbocycles. The molecular weight excluding hydrogens is 1210 g/mol. The van der Waals surface area contributed by atoms with Crippen molar-refractivity contribution in [3.8, 4) is 0 Å². The van der Waals surface area contributed by atoms with E-state index in [0.29, 0.717) is 21.7 Å². The molecule has 6 heteroatoms. The van der Waals surface area contributed by atoms with Gasteiger partial charge in [-0.2, -0.15) is 0 Å². The highest BCUT2D eigenvalue weighted by Crippen LogP contribution is 2.37. The molecule has 0 saturated heterocycles. The lowest BCUT2D eigenvalue weighted by atomic mass is 9.81. The Balaban J connectivity index is 0.00000111. The van der Waals surface area contributed by atoms with Gasteiger partial charge >= 0.3 is 0 Å². The Bertz CT molecular complexity index is 2770. The van der Waals surface area contributed by atoms with Crippen molar-refractivity contribution in [2.45, 2.75) is 374 Å². The van der Waals surface area contributed by atoms with E-state index in [1.54, 1.807) is 0 Å². The summed E-state index contributed by atoms with van der Waals surface area (Å²) in [7, 11) is 0. The van der Waals surface area contributed by atoms with Gasteiger partial charge in [-0.15, -0.1) is 22.7 Å². The molecule has 6 aromatic heterocycles. The van der Waals surface area contributed by atoms with E-state index in [9.17, 15) is 0 Å². The summed E-state index contributed by atoms with van der Waals surface area (Å²) in [5, 5.41) is 4.58. The van der Waals surface area contributed by atoms with Crippen molar-refractivity contribution in [1.82, 2.24) is 19.9 Å². The molecule has 97 heavy (non-hydrogen) atoms. The maximum absolute atomic E-state index is 4.72. The van der Waals surface area contributed by atoms with Gasteiger partial charge < -0.3 is 0 Å². The fourth-order valence-corrected chi connectivity index (χ4v) is 11.3. The number of hydrogen-bond donors (Lipinski definition) is 0. The van der Waals surface area contributed by atoms with Crippen LogP contribution in [0.15, 0.2) is 120 Å². The van der Waals surface area contributed by atoms with E-state index in [1.165, 1.54) is 77.0 Å². The van der Waals surface area contributed by atoms with Crippen LogP contribution in [0, 0.1) is 0 Å². The van der Waals surface area contributed by atoms with Crippen LogP contribution in [0.1, 0.15) is 375 Å². The molecule has 0 atom stereocenters. The van der Waals surface area contributed by atoms with Crippen molar-refractivity contribution in [3.05, 3.63) is 198 Å². The second-order valence-corrected chi connectivity index (χ2v) is 43.0. The molecule has 0 radical (unpaired) electrons. The number of rotatable bonds is 0. The van der Waals surface area contributed by atoms with E-state index in [2.05, 4.69) is 401 Å². The molecule has 7 rings (SSSR count). The topological polar surface area (TPSA) is 51.6 Å². The van der Waals surface area contributed by atoms with Gasteiger partial charge in [0.1, 0.15) is 0 Å². The summed E-state index contributed by atoms with van der Waals surface area (Å²) in [6, 6.07) is 30.9. The maximum Gasteiger partial charge on any atom is 0.0460 e. The van der Waals surface area contributed by atoms with Crippen molar-refractivity contribution < 1.29 is 0 Å². The maximum atomic E-state index is 4.72. The monoisotopic (exact) mass is 1360 g/mol. The summed E-state index contributed by atoms with van der Waals surface area (Å²) in [4.78, 5) is 20.8. The average molecular weight is 1360 g/mol. The number of thiophene rings is 2. The van der Waals surface area contributed by atoms with E-state index in [-0.39, 0.29) is 61.6 Å². The first kappa shape index (κ1) is 92.2. The molecule has 4 nitrogen and oxygen atoms in total. The molecule has 7 aromatic rings. The number of benzene rings is 1. The third-order valence-electron chi connectivity index (χ3n) is 16.5. The van der Waals surface area contributed by atoms with Gasteiger partial charge in [0.05, 0.1) is 0 Å². The lowest BCUT2D eigenvalue weighted by Crippen LogP contribution is -2.19. The first-order valence-corrected chi connectivity index (χ1v) is 37.4. The van der Waals surface area contributed by atoms with Gasteiger partial charge in [-0.25, -0.2) is 0 Å². The highest BCUT2D eigenvalue weighted by atomic mass is 32.1. The molecule has 0 amide bonds. The van der Waals surface area contributed by atoms with Crippen molar-refractivity contribution in [3.63, 3.8) is 0 Å². The third-order valence-corrected chi connectivity index (χ3v) is 19.3. The van der Waals surface area contributed by atoms with E-state index < -0.39 is 0 Å². The molecule has 0 bridgehead atoms. The van der Waals surface area contributed by atoms with Crippen molar-refractivity contribution in [2.24, 2.45) is 0 Å². The summed E-state index contributed by atoms with van der Waals surface area (Å²) in [6.07, 6.45) is 7.77. The van der Waals surface area contributed by atoms with Gasteiger partial charge in [-0.3, -0.25) is 19.9 Å². The lowest BCUT2D eigenvalue weighted by Gasteiger charge is -2.24. The SMILES string of the molecule is C.CC(C)(C)c1cccc(C(C)(C)C)c1.CC(C)(C)c1cccc(C(C)(C)C)n1.CC(C)(C)c1ccnc(C(C)(C)C)c1.CC(C)(C)c1ccnc(C(C)(C)C)c1.CC(C)(C)c1cncc(C(C)(C)C)c1.CC(C)(C)c1csc(C(C)(C)C)c1.CC(C)(C)c1csc(C(C)(C)C)c1. The Morgan fingerprint density at radius 1 is 0.227 bits per heavy atom. The van der Waals surface area contributed by atoms with Crippen LogP contribution >= 0.6 is 22.7 Å². The van der Waals surface area contributed by atoms with Crippen LogP contribution in [-0.2, 0) is 75.8 Å². The molecule has 0 aliphatic heterocycles. The molecule has 0 spiro atoms. The minimum absolute atomic E-state index is 0. The second-order valence-electron chi connectivity index (χ2n) is 41.2. The van der Waals surface area contributed by atoms with Gasteiger partial charge in [-0.05, 0) is 158 Å². The zero-order chi connectivity index (χ0) is 75.5. The summed E-state index contributed by atoms with van der Waals surface area (Å²) in [5.74, 6) is 0. The molecule has 1 aromatic carbocycles. The highest BCUT2D eigenvalue weighted by molar-refractivity contribution is 7.10. The number of nitrogens with zero attached hydrogens (tertiary/aromatic N) is 4. The predicted molar refractivity (Wildman–Crippen MR) is 441 cm³/mol. The third kappa shape index (κ3) is 33.5. The molecular formula is C91H150N4S2. The highest BCUT2D eigenvalue weighted by Gasteiger charge is 2.26. The molecule has 0 aliphatic carbocycles.